The highest BCUT2D eigenvalue weighted by Crippen LogP contribution is 2.27. The van der Waals surface area contributed by atoms with Crippen molar-refractivity contribution < 1.29 is 4.74 Å². The summed E-state index contributed by atoms with van der Waals surface area (Å²) in [5.74, 6) is 0.690. The van der Waals surface area contributed by atoms with Gasteiger partial charge in [0.1, 0.15) is 0 Å². The molecule has 2 heteroatoms. The predicted octanol–water partition coefficient (Wildman–Crippen LogP) is 4.27. The van der Waals surface area contributed by atoms with Gasteiger partial charge in [-0.15, -0.1) is 0 Å². The molecular formula is C20H33NO. The van der Waals surface area contributed by atoms with Crippen LogP contribution in [0.15, 0.2) is 24.3 Å². The van der Waals surface area contributed by atoms with Gasteiger partial charge in [-0.2, -0.15) is 0 Å². The van der Waals surface area contributed by atoms with Gasteiger partial charge in [0.15, 0.2) is 0 Å². The van der Waals surface area contributed by atoms with Crippen molar-refractivity contribution in [3.8, 4) is 0 Å². The predicted molar refractivity (Wildman–Crippen MR) is 94.5 cm³/mol. The van der Waals surface area contributed by atoms with Gasteiger partial charge < -0.3 is 4.74 Å². The standard InChI is InChI=1S/C20H33NO/c1-6-20(4,5)19-9-7-18(8-10-19)13-16(2)14-21-11-12-22-17(3)15-21/h7-10,16-17H,6,11-15H2,1-5H3. The molecule has 1 aliphatic rings. The van der Waals surface area contributed by atoms with Crippen LogP contribution < -0.4 is 0 Å². The molecule has 2 unspecified atom stereocenters. The lowest BCUT2D eigenvalue weighted by Crippen LogP contribution is -2.43. The van der Waals surface area contributed by atoms with Crippen molar-refractivity contribution in [3.05, 3.63) is 35.4 Å². The lowest BCUT2D eigenvalue weighted by Gasteiger charge is -2.33. The van der Waals surface area contributed by atoms with E-state index in [1.165, 1.54) is 30.5 Å². The maximum atomic E-state index is 5.62. The molecule has 0 aliphatic carbocycles. The molecule has 0 saturated carbocycles. The van der Waals surface area contributed by atoms with Crippen LogP contribution in [-0.4, -0.2) is 37.2 Å². The van der Waals surface area contributed by atoms with Gasteiger partial charge in [0.25, 0.3) is 0 Å². The summed E-state index contributed by atoms with van der Waals surface area (Å²) in [5, 5.41) is 0. The van der Waals surface area contributed by atoms with Gasteiger partial charge in [-0.05, 0) is 42.2 Å². The maximum Gasteiger partial charge on any atom is 0.0674 e. The summed E-state index contributed by atoms with van der Waals surface area (Å²) in [4.78, 5) is 2.55. The van der Waals surface area contributed by atoms with Crippen molar-refractivity contribution in [1.29, 1.82) is 0 Å². The first-order chi connectivity index (χ1) is 10.4. The first-order valence-corrected chi connectivity index (χ1v) is 8.84. The van der Waals surface area contributed by atoms with E-state index < -0.39 is 0 Å². The van der Waals surface area contributed by atoms with Crippen molar-refractivity contribution in [3.63, 3.8) is 0 Å². The second kappa shape index (κ2) is 7.61. The van der Waals surface area contributed by atoms with Crippen LogP contribution >= 0.6 is 0 Å². The van der Waals surface area contributed by atoms with E-state index in [4.69, 9.17) is 4.74 Å². The summed E-state index contributed by atoms with van der Waals surface area (Å²) in [6.45, 7) is 15.7. The van der Waals surface area contributed by atoms with Crippen molar-refractivity contribution in [2.75, 3.05) is 26.2 Å². The summed E-state index contributed by atoms with van der Waals surface area (Å²) in [6.07, 6.45) is 2.73. The third-order valence-electron chi connectivity index (χ3n) is 5.10. The quantitative estimate of drug-likeness (QED) is 0.778. The molecule has 1 fully saturated rings. The van der Waals surface area contributed by atoms with E-state index in [2.05, 4.69) is 63.8 Å². The van der Waals surface area contributed by atoms with Crippen LogP contribution in [0.25, 0.3) is 0 Å². The third kappa shape index (κ3) is 4.82. The summed E-state index contributed by atoms with van der Waals surface area (Å²) in [5.41, 5.74) is 3.20. The number of hydrogen-bond acceptors (Lipinski definition) is 2. The molecule has 0 spiro atoms. The topological polar surface area (TPSA) is 12.5 Å². The Hall–Kier alpha value is -0.860. The van der Waals surface area contributed by atoms with Crippen LogP contribution in [-0.2, 0) is 16.6 Å². The molecule has 0 N–H and O–H groups in total. The summed E-state index contributed by atoms with van der Waals surface area (Å²) in [6, 6.07) is 9.29. The molecule has 2 nitrogen and oxygen atoms in total. The molecule has 2 atom stereocenters. The van der Waals surface area contributed by atoms with E-state index in [1.807, 2.05) is 0 Å². The van der Waals surface area contributed by atoms with Gasteiger partial charge in [-0.1, -0.05) is 52.0 Å². The Labute approximate surface area is 136 Å². The number of benzene rings is 1. The fourth-order valence-corrected chi connectivity index (χ4v) is 3.26. The SMILES string of the molecule is CCC(C)(C)c1ccc(CC(C)CN2CCOC(C)C2)cc1. The Bertz CT molecular complexity index is 451. The van der Waals surface area contributed by atoms with E-state index >= 15 is 0 Å². The van der Waals surface area contributed by atoms with Gasteiger partial charge in [-0.25, -0.2) is 0 Å². The van der Waals surface area contributed by atoms with Crippen LogP contribution in [0, 0.1) is 5.92 Å². The van der Waals surface area contributed by atoms with E-state index in [9.17, 15) is 0 Å². The smallest absolute Gasteiger partial charge is 0.0674 e. The third-order valence-corrected chi connectivity index (χ3v) is 5.10. The monoisotopic (exact) mass is 303 g/mol. The zero-order valence-corrected chi connectivity index (χ0v) is 15.1. The van der Waals surface area contributed by atoms with E-state index in [1.54, 1.807) is 0 Å². The summed E-state index contributed by atoms with van der Waals surface area (Å²) < 4.78 is 5.62. The van der Waals surface area contributed by atoms with Crippen molar-refractivity contribution in [2.45, 2.75) is 59.0 Å². The van der Waals surface area contributed by atoms with Crippen molar-refractivity contribution in [1.82, 2.24) is 4.90 Å². The molecule has 2 rings (SSSR count). The van der Waals surface area contributed by atoms with Gasteiger partial charge in [0.05, 0.1) is 12.7 Å². The lowest BCUT2D eigenvalue weighted by molar-refractivity contribution is -0.0222. The molecule has 1 saturated heterocycles. The molecule has 22 heavy (non-hydrogen) atoms. The summed E-state index contributed by atoms with van der Waals surface area (Å²) >= 11 is 0. The normalized spacial score (nSPS) is 21.8. The Kier molecular flexibility index (Phi) is 6.05. The van der Waals surface area contributed by atoms with Crippen molar-refractivity contribution in [2.24, 2.45) is 5.92 Å². The van der Waals surface area contributed by atoms with E-state index in [-0.39, 0.29) is 5.41 Å². The lowest BCUT2D eigenvalue weighted by atomic mass is 9.82. The average molecular weight is 303 g/mol. The number of rotatable bonds is 6. The fraction of sp³-hybridized carbons (Fsp3) is 0.700. The highest BCUT2D eigenvalue weighted by atomic mass is 16.5. The Morgan fingerprint density at radius 2 is 1.95 bits per heavy atom. The molecule has 0 aromatic heterocycles. The minimum atomic E-state index is 0.286. The molecule has 0 radical (unpaired) electrons. The minimum Gasteiger partial charge on any atom is -0.376 e. The van der Waals surface area contributed by atoms with Crippen LogP contribution in [0.1, 0.15) is 52.2 Å². The van der Waals surface area contributed by atoms with Gasteiger partial charge >= 0.3 is 0 Å². The molecule has 124 valence electrons. The Morgan fingerprint density at radius 3 is 2.55 bits per heavy atom. The number of nitrogens with zero attached hydrogens (tertiary/aromatic N) is 1. The minimum absolute atomic E-state index is 0.286. The first kappa shape index (κ1) is 17.5. The molecule has 1 aromatic carbocycles. The molecule has 1 heterocycles. The largest absolute Gasteiger partial charge is 0.376 e. The highest BCUT2D eigenvalue weighted by molar-refractivity contribution is 5.28. The van der Waals surface area contributed by atoms with Crippen LogP contribution in [0.3, 0.4) is 0 Å². The molecule has 1 aliphatic heterocycles. The van der Waals surface area contributed by atoms with Gasteiger partial charge in [-0.3, -0.25) is 4.90 Å². The van der Waals surface area contributed by atoms with Gasteiger partial charge in [0, 0.05) is 19.6 Å². The first-order valence-electron chi connectivity index (χ1n) is 8.84. The number of ether oxygens (including phenoxy) is 1. The zero-order chi connectivity index (χ0) is 16.2. The molecule has 0 amide bonds. The Morgan fingerprint density at radius 1 is 1.27 bits per heavy atom. The highest BCUT2D eigenvalue weighted by Gasteiger charge is 2.19. The van der Waals surface area contributed by atoms with E-state index in [0.717, 1.165) is 19.7 Å². The molecule has 0 bridgehead atoms. The second-order valence-electron chi connectivity index (χ2n) is 7.68. The van der Waals surface area contributed by atoms with Crippen LogP contribution in [0.5, 0.6) is 0 Å². The van der Waals surface area contributed by atoms with Crippen LogP contribution in [0.4, 0.5) is 0 Å². The zero-order valence-electron chi connectivity index (χ0n) is 15.1. The van der Waals surface area contributed by atoms with E-state index in [0.29, 0.717) is 12.0 Å². The Balaban J connectivity index is 1.87. The van der Waals surface area contributed by atoms with Crippen LogP contribution in [0.2, 0.25) is 0 Å². The molecular weight excluding hydrogens is 270 g/mol. The average Bonchev–Trinajstić information content (AvgIpc) is 2.47. The number of hydrogen-bond donors (Lipinski definition) is 0. The number of morpholine rings is 1. The fourth-order valence-electron chi connectivity index (χ4n) is 3.26. The maximum absolute atomic E-state index is 5.62. The molecule has 1 aromatic rings. The van der Waals surface area contributed by atoms with Crippen molar-refractivity contribution >= 4 is 0 Å². The second-order valence-corrected chi connectivity index (χ2v) is 7.68. The van der Waals surface area contributed by atoms with Gasteiger partial charge in [0.2, 0.25) is 0 Å². The summed E-state index contributed by atoms with van der Waals surface area (Å²) in [7, 11) is 0.